The number of aromatic amines is 1. The van der Waals surface area contributed by atoms with Gasteiger partial charge in [0.05, 0.1) is 11.3 Å². The van der Waals surface area contributed by atoms with Gasteiger partial charge >= 0.3 is 0 Å². The molecule has 5 rings (SSSR count). The summed E-state index contributed by atoms with van der Waals surface area (Å²) in [6.45, 7) is 0.992. The number of H-pyrrole nitrogens is 1. The third-order valence-electron chi connectivity index (χ3n) is 4.40. The average Bonchev–Trinajstić information content (AvgIpc) is 3.05. The van der Waals surface area contributed by atoms with E-state index < -0.39 is 0 Å². The van der Waals surface area contributed by atoms with Gasteiger partial charge in [0.15, 0.2) is 11.5 Å². The van der Waals surface area contributed by atoms with E-state index in [1.807, 2.05) is 18.2 Å². The van der Waals surface area contributed by atoms with Crippen LogP contribution in [0.15, 0.2) is 53.6 Å². The Balaban J connectivity index is 1.72. The molecule has 1 aromatic carbocycles. The summed E-state index contributed by atoms with van der Waals surface area (Å²) in [5.41, 5.74) is 2.43. The molecular weight excluding hydrogens is 348 g/mol. The topological polar surface area (TPSA) is 102 Å². The lowest BCUT2D eigenvalue weighted by molar-refractivity contribution is 0.171. The summed E-state index contributed by atoms with van der Waals surface area (Å²) in [6.07, 6.45) is 3.24. The van der Waals surface area contributed by atoms with Gasteiger partial charge in [0.2, 0.25) is 5.88 Å². The van der Waals surface area contributed by atoms with Gasteiger partial charge < -0.3 is 19.6 Å². The van der Waals surface area contributed by atoms with Crippen LogP contribution in [0, 0.1) is 0 Å². The smallest absolute Gasteiger partial charge is 0.275 e. The van der Waals surface area contributed by atoms with Crippen LogP contribution in [0.1, 0.15) is 0 Å². The maximum absolute atomic E-state index is 12.6. The summed E-state index contributed by atoms with van der Waals surface area (Å²) in [5, 5.41) is 14.2. The molecule has 134 valence electrons. The van der Waals surface area contributed by atoms with Crippen molar-refractivity contribution in [3.8, 4) is 39.8 Å². The second-order valence-electron chi connectivity index (χ2n) is 6.08. The van der Waals surface area contributed by atoms with Crippen LogP contribution >= 0.6 is 0 Å². The zero-order valence-electron chi connectivity index (χ0n) is 14.0. The van der Waals surface area contributed by atoms with Crippen molar-refractivity contribution in [2.45, 2.75) is 0 Å². The van der Waals surface area contributed by atoms with E-state index in [0.29, 0.717) is 47.2 Å². The minimum Gasteiger partial charge on any atom is -0.492 e. The molecule has 0 atom stereocenters. The molecule has 1 aliphatic heterocycles. The van der Waals surface area contributed by atoms with Gasteiger partial charge in [0.1, 0.15) is 18.9 Å². The molecule has 0 aliphatic carbocycles. The van der Waals surface area contributed by atoms with Crippen molar-refractivity contribution < 1.29 is 14.6 Å². The van der Waals surface area contributed by atoms with Crippen LogP contribution in [0.25, 0.3) is 28.0 Å². The summed E-state index contributed by atoms with van der Waals surface area (Å²) in [7, 11) is 0. The summed E-state index contributed by atoms with van der Waals surface area (Å²) in [5.74, 6) is 1.06. The van der Waals surface area contributed by atoms with Crippen molar-refractivity contribution in [1.82, 2.24) is 19.6 Å². The van der Waals surface area contributed by atoms with Gasteiger partial charge in [0, 0.05) is 29.6 Å². The number of aromatic nitrogens is 4. The molecule has 2 N–H and O–H groups in total. The fourth-order valence-electron chi connectivity index (χ4n) is 3.17. The molecular formula is C19H14N4O4. The van der Waals surface area contributed by atoms with E-state index in [1.54, 1.807) is 24.5 Å². The van der Waals surface area contributed by atoms with Gasteiger partial charge in [0.25, 0.3) is 5.56 Å². The number of benzene rings is 1. The Morgan fingerprint density at radius 3 is 2.74 bits per heavy atom. The average molecular weight is 362 g/mol. The van der Waals surface area contributed by atoms with E-state index in [-0.39, 0.29) is 11.4 Å². The summed E-state index contributed by atoms with van der Waals surface area (Å²) in [6, 6.07) is 10.4. The maximum Gasteiger partial charge on any atom is 0.275 e. The van der Waals surface area contributed by atoms with Gasteiger partial charge in [-0.2, -0.15) is 4.52 Å². The Morgan fingerprint density at radius 2 is 1.93 bits per heavy atom. The number of nitrogens with zero attached hydrogens (tertiary/aromatic N) is 3. The molecule has 4 heterocycles. The van der Waals surface area contributed by atoms with Gasteiger partial charge in [-0.1, -0.05) is 6.07 Å². The van der Waals surface area contributed by atoms with Crippen molar-refractivity contribution in [2.24, 2.45) is 0 Å². The van der Waals surface area contributed by atoms with E-state index in [4.69, 9.17) is 9.47 Å². The highest BCUT2D eigenvalue weighted by Gasteiger charge is 2.18. The molecule has 0 saturated heterocycles. The van der Waals surface area contributed by atoms with Crippen LogP contribution in [0.4, 0.5) is 0 Å². The van der Waals surface area contributed by atoms with E-state index >= 15 is 0 Å². The SMILES string of the molecule is O=c1cc(-c2ccc3c(c2)OCCO3)[nH]c2c(-c3cccnc3)c(O)nn12. The predicted molar refractivity (Wildman–Crippen MR) is 97.1 cm³/mol. The van der Waals surface area contributed by atoms with Crippen molar-refractivity contribution in [3.63, 3.8) is 0 Å². The molecule has 0 spiro atoms. The van der Waals surface area contributed by atoms with Crippen LogP contribution in [-0.2, 0) is 0 Å². The normalized spacial score (nSPS) is 13.0. The molecule has 1 aliphatic rings. The van der Waals surface area contributed by atoms with E-state index in [0.717, 1.165) is 10.1 Å². The molecule has 8 heteroatoms. The fourth-order valence-corrected chi connectivity index (χ4v) is 3.17. The molecule has 0 radical (unpaired) electrons. The molecule has 27 heavy (non-hydrogen) atoms. The molecule has 0 unspecified atom stereocenters. The summed E-state index contributed by atoms with van der Waals surface area (Å²) < 4.78 is 12.3. The number of rotatable bonds is 2. The van der Waals surface area contributed by atoms with Crippen molar-refractivity contribution in [3.05, 3.63) is 59.1 Å². The first kappa shape index (κ1) is 15.4. The van der Waals surface area contributed by atoms with E-state index in [2.05, 4.69) is 15.1 Å². The lowest BCUT2D eigenvalue weighted by Crippen LogP contribution is -2.16. The number of aromatic hydroxyl groups is 1. The number of nitrogens with one attached hydrogen (secondary N) is 1. The number of hydrogen-bond acceptors (Lipinski definition) is 6. The van der Waals surface area contributed by atoms with Crippen molar-refractivity contribution in [1.29, 1.82) is 0 Å². The molecule has 4 aromatic rings. The molecule has 8 nitrogen and oxygen atoms in total. The van der Waals surface area contributed by atoms with Crippen molar-refractivity contribution >= 4 is 5.65 Å². The fraction of sp³-hybridized carbons (Fsp3) is 0.105. The highest BCUT2D eigenvalue weighted by atomic mass is 16.6. The Kier molecular flexibility index (Phi) is 3.36. The maximum atomic E-state index is 12.6. The van der Waals surface area contributed by atoms with Crippen LogP contribution in [-0.4, -0.2) is 37.9 Å². The minimum atomic E-state index is -0.362. The standard InChI is InChI=1S/C19H14N4O4/c24-16-9-13(11-3-4-14-15(8-11)27-7-6-26-14)21-18-17(19(25)22-23(16)18)12-2-1-5-20-10-12/h1-5,8-10,21H,6-7H2,(H,22,25). The van der Waals surface area contributed by atoms with Crippen LogP contribution in [0.2, 0.25) is 0 Å². The monoisotopic (exact) mass is 362 g/mol. The van der Waals surface area contributed by atoms with Gasteiger partial charge in [-0.15, -0.1) is 5.10 Å². The van der Waals surface area contributed by atoms with Gasteiger partial charge in [-0.3, -0.25) is 9.78 Å². The quantitative estimate of drug-likeness (QED) is 0.567. The number of hydrogen-bond donors (Lipinski definition) is 2. The van der Waals surface area contributed by atoms with E-state index in [9.17, 15) is 9.90 Å². The molecule has 0 saturated carbocycles. The Morgan fingerprint density at radius 1 is 1.07 bits per heavy atom. The number of fused-ring (bicyclic) bond motifs is 2. The zero-order valence-corrected chi connectivity index (χ0v) is 14.0. The highest BCUT2D eigenvalue weighted by Crippen LogP contribution is 2.35. The highest BCUT2D eigenvalue weighted by molar-refractivity contribution is 5.82. The molecule has 3 aromatic heterocycles. The molecule has 0 bridgehead atoms. The lowest BCUT2D eigenvalue weighted by atomic mass is 10.1. The van der Waals surface area contributed by atoms with Crippen LogP contribution < -0.4 is 15.0 Å². The van der Waals surface area contributed by atoms with Gasteiger partial charge in [-0.25, -0.2) is 0 Å². The van der Waals surface area contributed by atoms with E-state index in [1.165, 1.54) is 6.07 Å². The van der Waals surface area contributed by atoms with Crippen molar-refractivity contribution in [2.75, 3.05) is 13.2 Å². The summed E-state index contributed by atoms with van der Waals surface area (Å²) in [4.78, 5) is 19.8. The second kappa shape index (κ2) is 5.87. The Hall–Kier alpha value is -3.81. The summed E-state index contributed by atoms with van der Waals surface area (Å²) >= 11 is 0. The van der Waals surface area contributed by atoms with Crippen LogP contribution in [0.5, 0.6) is 17.4 Å². The number of pyridine rings is 1. The predicted octanol–water partition coefficient (Wildman–Crippen LogP) is 2.23. The first-order chi connectivity index (χ1) is 13.2. The second-order valence-corrected chi connectivity index (χ2v) is 6.08. The minimum absolute atomic E-state index is 0.240. The van der Waals surface area contributed by atoms with Crippen LogP contribution in [0.3, 0.4) is 0 Å². The zero-order chi connectivity index (χ0) is 18.4. The Bertz CT molecular complexity index is 1210. The lowest BCUT2D eigenvalue weighted by Gasteiger charge is -2.18. The Labute approximate surface area is 152 Å². The van der Waals surface area contributed by atoms with Gasteiger partial charge in [-0.05, 0) is 24.3 Å². The first-order valence-corrected chi connectivity index (χ1v) is 8.36. The largest absolute Gasteiger partial charge is 0.492 e. The molecule has 0 amide bonds. The third-order valence-corrected chi connectivity index (χ3v) is 4.40. The number of ether oxygens (including phenoxy) is 2. The first-order valence-electron chi connectivity index (χ1n) is 8.36. The molecule has 0 fully saturated rings. The third kappa shape index (κ3) is 2.50.